The van der Waals surface area contributed by atoms with E-state index in [-0.39, 0.29) is 5.91 Å². The summed E-state index contributed by atoms with van der Waals surface area (Å²) < 4.78 is 5.52. The van der Waals surface area contributed by atoms with Gasteiger partial charge in [-0.05, 0) is 24.6 Å². The maximum absolute atomic E-state index is 12.6. The zero-order chi connectivity index (χ0) is 19.9. The Morgan fingerprint density at radius 2 is 1.71 bits per heavy atom. The van der Waals surface area contributed by atoms with Crippen molar-refractivity contribution in [2.45, 2.75) is 20.0 Å². The number of piperazine rings is 1. The number of likely N-dealkylation sites (N-methyl/N-ethyl adjacent to an activating group) is 1. The normalized spacial score (nSPS) is 19.2. The fraction of sp³-hybridized carbons (Fsp3) is 0.435. The smallest absolute Gasteiger partial charge is 0.277 e. The highest BCUT2D eigenvalue weighted by atomic mass is 16.5. The zero-order valence-electron chi connectivity index (χ0n) is 17.3. The average Bonchev–Trinajstić information content (AvgIpc) is 2.70. The summed E-state index contributed by atoms with van der Waals surface area (Å²) in [6, 6.07) is 16.6. The topological polar surface area (TPSA) is 38.4 Å². The molecule has 0 saturated carbocycles. The van der Waals surface area contributed by atoms with Gasteiger partial charge in [-0.25, -0.2) is 0 Å². The van der Waals surface area contributed by atoms with Crippen molar-refractivity contribution in [2.24, 2.45) is 0 Å². The lowest BCUT2D eigenvalue weighted by Gasteiger charge is -2.30. The second-order valence-corrected chi connectivity index (χ2v) is 7.90. The first-order valence-corrected chi connectivity index (χ1v) is 10.1. The van der Waals surface area contributed by atoms with E-state index in [1.54, 1.807) is 12.0 Å². The van der Waals surface area contributed by atoms with Crippen LogP contribution in [0.3, 0.4) is 0 Å². The van der Waals surface area contributed by atoms with Crippen LogP contribution in [-0.4, -0.2) is 57.7 Å². The Kier molecular flexibility index (Phi) is 7.06. The molecular formula is C23H33N3O2+2. The lowest BCUT2D eigenvalue weighted by Crippen LogP contribution is -3.28. The highest BCUT2D eigenvalue weighted by molar-refractivity contribution is 5.76. The molecule has 0 atom stereocenters. The van der Waals surface area contributed by atoms with Crippen LogP contribution >= 0.6 is 0 Å². The van der Waals surface area contributed by atoms with Crippen molar-refractivity contribution in [1.29, 1.82) is 0 Å². The van der Waals surface area contributed by atoms with Gasteiger partial charge in [-0.1, -0.05) is 42.0 Å². The second kappa shape index (κ2) is 9.71. The van der Waals surface area contributed by atoms with Gasteiger partial charge in [-0.3, -0.25) is 4.79 Å². The van der Waals surface area contributed by atoms with Gasteiger partial charge < -0.3 is 19.4 Å². The summed E-state index contributed by atoms with van der Waals surface area (Å²) in [6.07, 6.45) is 0. The molecule has 1 aliphatic heterocycles. The Hall–Kier alpha value is -2.37. The number of amides is 1. The summed E-state index contributed by atoms with van der Waals surface area (Å²) in [4.78, 5) is 17.4. The third kappa shape index (κ3) is 5.57. The average molecular weight is 384 g/mol. The molecule has 0 spiro atoms. The van der Waals surface area contributed by atoms with Crippen molar-refractivity contribution < 1.29 is 19.3 Å². The van der Waals surface area contributed by atoms with Gasteiger partial charge in [0.05, 0.1) is 7.11 Å². The molecule has 0 bridgehead atoms. The highest BCUT2D eigenvalue weighted by Gasteiger charge is 2.26. The minimum atomic E-state index is 0.225. The number of rotatable bonds is 7. The van der Waals surface area contributed by atoms with Crippen molar-refractivity contribution in [2.75, 3.05) is 46.9 Å². The van der Waals surface area contributed by atoms with E-state index in [0.29, 0.717) is 13.1 Å². The van der Waals surface area contributed by atoms with E-state index in [4.69, 9.17) is 4.74 Å². The van der Waals surface area contributed by atoms with Gasteiger partial charge >= 0.3 is 0 Å². The summed E-state index contributed by atoms with van der Waals surface area (Å²) in [6.45, 7) is 8.62. The number of methoxy groups -OCH3 is 1. The summed E-state index contributed by atoms with van der Waals surface area (Å²) in [5.41, 5.74) is 3.72. The van der Waals surface area contributed by atoms with Crippen molar-refractivity contribution in [3.63, 3.8) is 0 Å². The SMILES string of the molecule is COc1ccc(C)cc1C[NH+]1CC[NH+](CC(=O)N(C)Cc2ccccc2)CC1. The highest BCUT2D eigenvalue weighted by Crippen LogP contribution is 2.18. The van der Waals surface area contributed by atoms with Crippen LogP contribution in [-0.2, 0) is 17.9 Å². The number of nitrogens with zero attached hydrogens (tertiary/aromatic N) is 1. The van der Waals surface area contributed by atoms with Gasteiger partial charge in [0.1, 0.15) is 38.5 Å². The summed E-state index contributed by atoms with van der Waals surface area (Å²) in [7, 11) is 3.64. The molecule has 2 aromatic rings. The lowest BCUT2D eigenvalue weighted by molar-refractivity contribution is -1.02. The molecule has 0 unspecified atom stereocenters. The Morgan fingerprint density at radius 1 is 1.04 bits per heavy atom. The Morgan fingerprint density at radius 3 is 2.39 bits per heavy atom. The first kappa shape index (κ1) is 20.4. The molecule has 28 heavy (non-hydrogen) atoms. The van der Waals surface area contributed by atoms with Gasteiger partial charge in [0.2, 0.25) is 0 Å². The molecule has 3 rings (SSSR count). The van der Waals surface area contributed by atoms with Crippen molar-refractivity contribution in [1.82, 2.24) is 4.90 Å². The van der Waals surface area contributed by atoms with Crippen molar-refractivity contribution in [3.8, 4) is 5.75 Å². The van der Waals surface area contributed by atoms with E-state index in [9.17, 15) is 4.79 Å². The van der Waals surface area contributed by atoms with E-state index < -0.39 is 0 Å². The number of nitrogens with one attached hydrogen (secondary N) is 2. The van der Waals surface area contributed by atoms with E-state index in [1.807, 2.05) is 30.1 Å². The van der Waals surface area contributed by atoms with Crippen LogP contribution < -0.4 is 14.5 Å². The number of ether oxygens (including phenoxy) is 1. The molecule has 5 heteroatoms. The molecule has 1 aliphatic rings. The van der Waals surface area contributed by atoms with Gasteiger partial charge in [0.15, 0.2) is 6.54 Å². The molecule has 0 aliphatic carbocycles. The van der Waals surface area contributed by atoms with Crippen LogP contribution in [0.4, 0.5) is 0 Å². The van der Waals surface area contributed by atoms with Crippen LogP contribution in [0.2, 0.25) is 0 Å². The standard InChI is InChI=1S/C23H31N3O2/c1-19-9-10-22(28-3)21(15-19)17-25-11-13-26(14-12-25)18-23(27)24(2)16-20-7-5-4-6-8-20/h4-10,15H,11-14,16-18H2,1-3H3/p+2. The minimum absolute atomic E-state index is 0.225. The fourth-order valence-electron chi connectivity index (χ4n) is 3.92. The number of quaternary nitrogens is 2. The monoisotopic (exact) mass is 383 g/mol. The molecule has 2 N–H and O–H groups in total. The van der Waals surface area contributed by atoms with Crippen LogP contribution in [0.25, 0.3) is 0 Å². The molecule has 5 nitrogen and oxygen atoms in total. The van der Waals surface area contributed by atoms with Crippen LogP contribution in [0.1, 0.15) is 16.7 Å². The number of carbonyl (C=O) groups is 1. The first-order valence-electron chi connectivity index (χ1n) is 10.1. The van der Waals surface area contributed by atoms with Crippen molar-refractivity contribution in [3.05, 3.63) is 65.2 Å². The van der Waals surface area contributed by atoms with E-state index in [0.717, 1.165) is 38.5 Å². The van der Waals surface area contributed by atoms with E-state index >= 15 is 0 Å². The largest absolute Gasteiger partial charge is 0.496 e. The van der Waals surface area contributed by atoms with Gasteiger partial charge in [0, 0.05) is 19.2 Å². The second-order valence-electron chi connectivity index (χ2n) is 7.90. The molecule has 1 saturated heterocycles. The van der Waals surface area contributed by atoms with Gasteiger partial charge in [-0.2, -0.15) is 0 Å². The fourth-order valence-corrected chi connectivity index (χ4v) is 3.92. The number of hydrogen-bond acceptors (Lipinski definition) is 2. The maximum Gasteiger partial charge on any atom is 0.277 e. The van der Waals surface area contributed by atoms with Gasteiger partial charge in [-0.15, -0.1) is 0 Å². The predicted molar refractivity (Wildman–Crippen MR) is 111 cm³/mol. The summed E-state index contributed by atoms with van der Waals surface area (Å²) >= 11 is 0. The molecule has 0 radical (unpaired) electrons. The third-order valence-corrected chi connectivity index (χ3v) is 5.63. The third-order valence-electron chi connectivity index (χ3n) is 5.63. The lowest BCUT2D eigenvalue weighted by atomic mass is 10.1. The Labute approximate surface area is 168 Å². The Balaban J connectivity index is 1.46. The molecule has 150 valence electrons. The molecule has 1 fully saturated rings. The Bertz CT molecular complexity index is 771. The first-order chi connectivity index (χ1) is 13.5. The summed E-state index contributed by atoms with van der Waals surface area (Å²) in [5, 5.41) is 0. The quantitative estimate of drug-likeness (QED) is 0.704. The van der Waals surface area contributed by atoms with Crippen LogP contribution in [0.15, 0.2) is 48.5 Å². The molecule has 1 amide bonds. The van der Waals surface area contributed by atoms with E-state index in [2.05, 4.69) is 37.3 Å². The van der Waals surface area contributed by atoms with Crippen LogP contribution in [0.5, 0.6) is 5.75 Å². The van der Waals surface area contributed by atoms with E-state index in [1.165, 1.54) is 21.6 Å². The molecule has 0 aromatic heterocycles. The van der Waals surface area contributed by atoms with Gasteiger partial charge in [0.25, 0.3) is 5.91 Å². The molecular weight excluding hydrogens is 350 g/mol. The number of hydrogen-bond donors (Lipinski definition) is 2. The minimum Gasteiger partial charge on any atom is -0.496 e. The molecule has 1 heterocycles. The number of benzene rings is 2. The molecule has 2 aromatic carbocycles. The van der Waals surface area contributed by atoms with Crippen LogP contribution in [0, 0.1) is 6.92 Å². The number of aryl methyl sites for hydroxylation is 1. The maximum atomic E-state index is 12.6. The summed E-state index contributed by atoms with van der Waals surface area (Å²) in [5.74, 6) is 1.20. The number of carbonyl (C=O) groups excluding carboxylic acids is 1. The zero-order valence-corrected chi connectivity index (χ0v) is 17.3. The van der Waals surface area contributed by atoms with Crippen molar-refractivity contribution >= 4 is 5.91 Å². The predicted octanol–water partition coefficient (Wildman–Crippen LogP) is -0.0544.